The number of nitrogens with one attached hydrogen (secondary N) is 2. The van der Waals surface area contributed by atoms with Crippen molar-refractivity contribution in [2.75, 3.05) is 19.5 Å². The summed E-state index contributed by atoms with van der Waals surface area (Å²) in [6, 6.07) is 17.6. The highest BCUT2D eigenvalue weighted by molar-refractivity contribution is 6.03. The van der Waals surface area contributed by atoms with Gasteiger partial charge in [0.25, 0.3) is 5.91 Å². The van der Waals surface area contributed by atoms with Crippen molar-refractivity contribution in [3.8, 4) is 11.5 Å². The molecule has 2 N–H and O–H groups in total. The molecule has 0 radical (unpaired) electrons. The first-order chi connectivity index (χ1) is 15.1. The number of aromatic nitrogens is 1. The maximum atomic E-state index is 12.4. The van der Waals surface area contributed by atoms with Crippen molar-refractivity contribution >= 4 is 23.6 Å². The summed E-state index contributed by atoms with van der Waals surface area (Å²) >= 11 is 0. The smallest absolute Gasteiger partial charge is 0.251 e. The molecule has 0 unspecified atom stereocenters. The van der Waals surface area contributed by atoms with Crippen molar-refractivity contribution in [1.29, 1.82) is 0 Å². The molecule has 3 aromatic rings. The van der Waals surface area contributed by atoms with Gasteiger partial charge in [0.2, 0.25) is 5.91 Å². The molecule has 1 heterocycles. The average Bonchev–Trinajstić information content (AvgIpc) is 2.81. The van der Waals surface area contributed by atoms with Crippen LogP contribution in [0.2, 0.25) is 0 Å². The molecule has 2 aromatic carbocycles. The van der Waals surface area contributed by atoms with Crippen molar-refractivity contribution in [2.24, 2.45) is 0 Å². The van der Waals surface area contributed by atoms with Crippen molar-refractivity contribution < 1.29 is 19.1 Å². The third kappa shape index (κ3) is 6.17. The van der Waals surface area contributed by atoms with Crippen molar-refractivity contribution in [2.45, 2.75) is 6.54 Å². The van der Waals surface area contributed by atoms with E-state index in [0.29, 0.717) is 29.3 Å². The largest absolute Gasteiger partial charge is 0.493 e. The van der Waals surface area contributed by atoms with E-state index in [1.807, 2.05) is 24.3 Å². The summed E-state index contributed by atoms with van der Waals surface area (Å²) < 4.78 is 10.5. The van der Waals surface area contributed by atoms with Crippen LogP contribution in [0, 0.1) is 0 Å². The molecule has 2 amide bonds. The van der Waals surface area contributed by atoms with E-state index in [2.05, 4.69) is 15.6 Å². The maximum Gasteiger partial charge on any atom is 0.251 e. The molecule has 0 aliphatic carbocycles. The van der Waals surface area contributed by atoms with Gasteiger partial charge in [-0.2, -0.15) is 0 Å². The van der Waals surface area contributed by atoms with Crippen LogP contribution in [0.4, 0.5) is 5.69 Å². The van der Waals surface area contributed by atoms with Crippen LogP contribution in [-0.4, -0.2) is 31.0 Å². The summed E-state index contributed by atoms with van der Waals surface area (Å²) in [7, 11) is 3.12. The van der Waals surface area contributed by atoms with Gasteiger partial charge >= 0.3 is 0 Å². The van der Waals surface area contributed by atoms with E-state index in [-0.39, 0.29) is 11.8 Å². The minimum absolute atomic E-state index is 0.248. The van der Waals surface area contributed by atoms with Gasteiger partial charge in [0, 0.05) is 23.5 Å². The highest BCUT2D eigenvalue weighted by atomic mass is 16.5. The van der Waals surface area contributed by atoms with Crippen LogP contribution in [0.5, 0.6) is 11.5 Å². The van der Waals surface area contributed by atoms with Crippen LogP contribution in [0.1, 0.15) is 21.6 Å². The van der Waals surface area contributed by atoms with Crippen molar-refractivity contribution in [3.05, 3.63) is 89.8 Å². The Kier molecular flexibility index (Phi) is 7.37. The van der Waals surface area contributed by atoms with Crippen LogP contribution in [0.25, 0.3) is 6.08 Å². The van der Waals surface area contributed by atoms with Crippen LogP contribution >= 0.6 is 0 Å². The minimum Gasteiger partial charge on any atom is -0.493 e. The number of amides is 2. The zero-order valence-electron chi connectivity index (χ0n) is 17.3. The van der Waals surface area contributed by atoms with E-state index in [9.17, 15) is 9.59 Å². The highest BCUT2D eigenvalue weighted by Crippen LogP contribution is 2.28. The van der Waals surface area contributed by atoms with Gasteiger partial charge < -0.3 is 20.1 Å². The summed E-state index contributed by atoms with van der Waals surface area (Å²) in [6.07, 6.45) is 4.75. The fourth-order valence-corrected chi connectivity index (χ4v) is 2.83. The molecule has 0 aliphatic rings. The first kappa shape index (κ1) is 21.6. The second kappa shape index (κ2) is 10.6. The molecular weight excluding hydrogens is 394 g/mol. The number of anilines is 1. The predicted molar refractivity (Wildman–Crippen MR) is 119 cm³/mol. The topological polar surface area (TPSA) is 89.5 Å². The molecule has 0 atom stereocenters. The molecule has 31 heavy (non-hydrogen) atoms. The van der Waals surface area contributed by atoms with Crippen molar-refractivity contribution in [3.63, 3.8) is 0 Å². The summed E-state index contributed by atoms with van der Waals surface area (Å²) in [5.74, 6) is 0.625. The molecule has 0 saturated heterocycles. The zero-order chi connectivity index (χ0) is 22.1. The first-order valence-electron chi connectivity index (χ1n) is 9.58. The Bertz CT molecular complexity index is 1080. The number of benzene rings is 2. The standard InChI is InChI=1S/C24H23N3O4/c1-30-21-11-9-17(14-22(21)31-2)10-12-23(28)27-19-8-5-6-18(15-19)24(29)26-16-20-7-3-4-13-25-20/h3-15H,16H2,1-2H3,(H,26,29)(H,27,28). The number of methoxy groups -OCH3 is 2. The number of hydrogen-bond donors (Lipinski definition) is 2. The number of hydrogen-bond acceptors (Lipinski definition) is 5. The van der Waals surface area contributed by atoms with E-state index in [1.165, 1.54) is 6.08 Å². The highest BCUT2D eigenvalue weighted by Gasteiger charge is 2.08. The summed E-state index contributed by atoms with van der Waals surface area (Å²) in [4.78, 5) is 28.9. The summed E-state index contributed by atoms with van der Waals surface area (Å²) in [5.41, 5.74) is 2.51. The first-order valence-corrected chi connectivity index (χ1v) is 9.58. The van der Waals surface area contributed by atoms with E-state index in [1.54, 1.807) is 62.9 Å². The minimum atomic E-state index is -0.319. The van der Waals surface area contributed by atoms with E-state index in [0.717, 1.165) is 11.3 Å². The molecule has 0 fully saturated rings. The Hall–Kier alpha value is -4.13. The molecular formula is C24H23N3O4. The van der Waals surface area contributed by atoms with Gasteiger partial charge in [-0.3, -0.25) is 14.6 Å². The summed E-state index contributed by atoms with van der Waals surface area (Å²) in [6.45, 7) is 0.324. The number of rotatable bonds is 8. The van der Waals surface area contributed by atoms with Gasteiger partial charge in [0.1, 0.15) is 0 Å². The Morgan fingerprint density at radius 1 is 0.968 bits per heavy atom. The van der Waals surface area contributed by atoms with E-state index >= 15 is 0 Å². The lowest BCUT2D eigenvalue weighted by atomic mass is 10.1. The van der Waals surface area contributed by atoms with Gasteiger partial charge in [-0.1, -0.05) is 18.2 Å². The molecule has 0 aliphatic heterocycles. The van der Waals surface area contributed by atoms with Gasteiger partial charge in [-0.05, 0) is 54.1 Å². The Morgan fingerprint density at radius 2 is 1.81 bits per heavy atom. The van der Waals surface area contributed by atoms with E-state index in [4.69, 9.17) is 9.47 Å². The lowest BCUT2D eigenvalue weighted by Gasteiger charge is -2.08. The Morgan fingerprint density at radius 3 is 2.55 bits per heavy atom. The lowest BCUT2D eigenvalue weighted by molar-refractivity contribution is -0.111. The molecule has 7 heteroatoms. The van der Waals surface area contributed by atoms with Crippen LogP contribution < -0.4 is 20.1 Å². The Balaban J connectivity index is 1.60. The average molecular weight is 417 g/mol. The quantitative estimate of drug-likeness (QED) is 0.546. The fourth-order valence-electron chi connectivity index (χ4n) is 2.83. The number of nitrogens with zero attached hydrogens (tertiary/aromatic N) is 1. The fraction of sp³-hybridized carbons (Fsp3) is 0.125. The Labute approximate surface area is 180 Å². The summed E-state index contributed by atoms with van der Waals surface area (Å²) in [5, 5.41) is 5.57. The van der Waals surface area contributed by atoms with Crippen molar-refractivity contribution in [1.82, 2.24) is 10.3 Å². The van der Waals surface area contributed by atoms with Crippen LogP contribution in [0.15, 0.2) is 72.9 Å². The zero-order valence-corrected chi connectivity index (χ0v) is 17.3. The number of pyridine rings is 1. The molecule has 158 valence electrons. The number of carbonyl (C=O) groups excluding carboxylic acids is 2. The van der Waals surface area contributed by atoms with Gasteiger partial charge in [-0.25, -0.2) is 0 Å². The third-order valence-electron chi connectivity index (χ3n) is 4.38. The molecule has 0 spiro atoms. The molecule has 3 rings (SSSR count). The molecule has 0 saturated carbocycles. The number of carbonyl (C=O) groups is 2. The molecule has 0 bridgehead atoms. The van der Waals surface area contributed by atoms with Crippen LogP contribution in [0.3, 0.4) is 0 Å². The second-order valence-electron chi connectivity index (χ2n) is 6.52. The van der Waals surface area contributed by atoms with Crippen LogP contribution in [-0.2, 0) is 11.3 Å². The normalized spacial score (nSPS) is 10.5. The monoisotopic (exact) mass is 417 g/mol. The van der Waals surface area contributed by atoms with Gasteiger partial charge in [0.15, 0.2) is 11.5 Å². The third-order valence-corrected chi connectivity index (χ3v) is 4.38. The van der Waals surface area contributed by atoms with E-state index < -0.39 is 0 Å². The predicted octanol–water partition coefficient (Wildman–Crippen LogP) is 3.68. The molecule has 1 aromatic heterocycles. The van der Waals surface area contributed by atoms with Gasteiger partial charge in [0.05, 0.1) is 26.5 Å². The number of ether oxygens (including phenoxy) is 2. The molecule has 7 nitrogen and oxygen atoms in total. The lowest BCUT2D eigenvalue weighted by Crippen LogP contribution is -2.23. The second-order valence-corrected chi connectivity index (χ2v) is 6.52. The SMILES string of the molecule is COc1ccc(C=CC(=O)Nc2cccc(C(=O)NCc3ccccn3)c2)cc1OC. The maximum absolute atomic E-state index is 12.4. The van der Waals surface area contributed by atoms with Gasteiger partial charge in [-0.15, -0.1) is 0 Å².